The second-order valence-corrected chi connectivity index (χ2v) is 4.75. The molecule has 0 fully saturated rings. The molecule has 6 nitrogen and oxygen atoms in total. The highest BCUT2D eigenvalue weighted by Gasteiger charge is 2.27. The van der Waals surface area contributed by atoms with Gasteiger partial charge in [0.1, 0.15) is 0 Å². The summed E-state index contributed by atoms with van der Waals surface area (Å²) in [6, 6.07) is 0. The summed E-state index contributed by atoms with van der Waals surface area (Å²) < 4.78 is 11.3. The standard InChI is InChI=1S/C15H29N3O3/c1-2-15(7-3-4-12-21-18,13-19-10-5-8-16)14-20-11-6-9-17/h3-6,8-9H,2,7,10-14,16-18H2,1H3/b4-3-,8-5+,9-6+. The maximum absolute atomic E-state index is 5.67. The molecular formula is C15H29N3O3. The van der Waals surface area contributed by atoms with Crippen LogP contribution in [0.4, 0.5) is 0 Å². The van der Waals surface area contributed by atoms with Gasteiger partial charge < -0.3 is 25.8 Å². The fourth-order valence-corrected chi connectivity index (χ4v) is 1.76. The van der Waals surface area contributed by atoms with E-state index >= 15 is 0 Å². The zero-order chi connectivity index (χ0) is 15.8. The third-order valence-corrected chi connectivity index (χ3v) is 3.18. The Morgan fingerprint density at radius 3 is 1.86 bits per heavy atom. The molecule has 6 N–H and O–H groups in total. The van der Waals surface area contributed by atoms with Gasteiger partial charge in [-0.05, 0) is 37.4 Å². The molecule has 0 unspecified atom stereocenters. The van der Waals surface area contributed by atoms with Crippen molar-refractivity contribution in [3.63, 3.8) is 0 Å². The van der Waals surface area contributed by atoms with Gasteiger partial charge in [0, 0.05) is 5.41 Å². The molecule has 0 saturated heterocycles. The molecule has 0 aromatic heterocycles. The molecule has 0 aliphatic carbocycles. The number of hydrogen-bond acceptors (Lipinski definition) is 6. The van der Waals surface area contributed by atoms with Crippen LogP contribution in [0.3, 0.4) is 0 Å². The summed E-state index contributed by atoms with van der Waals surface area (Å²) in [5, 5.41) is 0. The van der Waals surface area contributed by atoms with Crippen LogP contribution in [-0.2, 0) is 14.3 Å². The Morgan fingerprint density at radius 2 is 1.43 bits per heavy atom. The van der Waals surface area contributed by atoms with Crippen LogP contribution in [-0.4, -0.2) is 33.0 Å². The summed E-state index contributed by atoms with van der Waals surface area (Å²) in [6.45, 7) is 4.69. The molecule has 0 aliphatic rings. The first-order valence-corrected chi connectivity index (χ1v) is 7.10. The topological polar surface area (TPSA) is 106 Å². The Bertz CT molecular complexity index is 299. The number of nitrogens with two attached hydrogens (primary N) is 3. The minimum Gasteiger partial charge on any atom is -0.405 e. The van der Waals surface area contributed by atoms with Gasteiger partial charge in [0.25, 0.3) is 0 Å². The number of rotatable bonds is 13. The van der Waals surface area contributed by atoms with Gasteiger partial charge in [0.15, 0.2) is 0 Å². The van der Waals surface area contributed by atoms with E-state index in [1.165, 1.54) is 12.4 Å². The molecule has 0 aromatic carbocycles. The zero-order valence-corrected chi connectivity index (χ0v) is 12.9. The number of ether oxygens (including phenoxy) is 2. The van der Waals surface area contributed by atoms with E-state index in [0.717, 1.165) is 12.8 Å². The number of hydrogen-bond donors (Lipinski definition) is 3. The van der Waals surface area contributed by atoms with E-state index in [9.17, 15) is 0 Å². The lowest BCUT2D eigenvalue weighted by molar-refractivity contribution is -0.0100. The van der Waals surface area contributed by atoms with Gasteiger partial charge >= 0.3 is 0 Å². The quantitative estimate of drug-likeness (QED) is 0.268. The molecule has 6 heteroatoms. The molecule has 0 heterocycles. The van der Waals surface area contributed by atoms with Crippen molar-refractivity contribution in [3.8, 4) is 0 Å². The van der Waals surface area contributed by atoms with Crippen molar-refractivity contribution in [1.29, 1.82) is 0 Å². The molecule has 122 valence electrons. The smallest absolute Gasteiger partial charge is 0.0860 e. The Kier molecular flexibility index (Phi) is 12.8. The van der Waals surface area contributed by atoms with Crippen molar-refractivity contribution < 1.29 is 14.3 Å². The van der Waals surface area contributed by atoms with Gasteiger partial charge in [-0.3, -0.25) is 0 Å². The first kappa shape index (κ1) is 19.7. The fraction of sp³-hybridized carbons (Fsp3) is 0.600. The molecule has 0 atom stereocenters. The molecule has 0 aliphatic heterocycles. The summed E-state index contributed by atoms with van der Waals surface area (Å²) in [6.07, 6.45) is 12.2. The van der Waals surface area contributed by atoms with Crippen molar-refractivity contribution in [2.75, 3.05) is 33.0 Å². The summed E-state index contributed by atoms with van der Waals surface area (Å²) in [5.41, 5.74) is 10.5. The summed E-state index contributed by atoms with van der Waals surface area (Å²) in [5.74, 6) is 5.00. The van der Waals surface area contributed by atoms with E-state index in [0.29, 0.717) is 33.0 Å². The zero-order valence-electron chi connectivity index (χ0n) is 12.9. The van der Waals surface area contributed by atoms with Crippen LogP contribution in [0.2, 0.25) is 0 Å². The predicted molar refractivity (Wildman–Crippen MR) is 84.9 cm³/mol. The van der Waals surface area contributed by atoms with Gasteiger partial charge in [0.2, 0.25) is 0 Å². The van der Waals surface area contributed by atoms with E-state index < -0.39 is 0 Å². The lowest BCUT2D eigenvalue weighted by Crippen LogP contribution is -2.31. The molecule has 0 rings (SSSR count). The van der Waals surface area contributed by atoms with E-state index in [4.69, 9.17) is 26.8 Å². The molecule has 0 spiro atoms. The third kappa shape index (κ3) is 10.1. The summed E-state index contributed by atoms with van der Waals surface area (Å²) in [4.78, 5) is 4.52. The van der Waals surface area contributed by atoms with Crippen LogP contribution >= 0.6 is 0 Å². The third-order valence-electron chi connectivity index (χ3n) is 3.18. The van der Waals surface area contributed by atoms with E-state index in [1.807, 2.05) is 12.2 Å². The molecule has 0 radical (unpaired) electrons. The minimum atomic E-state index is -0.0873. The first-order valence-electron chi connectivity index (χ1n) is 7.10. The van der Waals surface area contributed by atoms with Gasteiger partial charge in [-0.15, -0.1) is 0 Å². The van der Waals surface area contributed by atoms with E-state index in [2.05, 4.69) is 11.8 Å². The molecule has 0 bridgehead atoms. The Labute approximate surface area is 127 Å². The Morgan fingerprint density at radius 1 is 0.857 bits per heavy atom. The lowest BCUT2D eigenvalue weighted by atomic mass is 9.83. The monoisotopic (exact) mass is 299 g/mol. The van der Waals surface area contributed by atoms with Crippen molar-refractivity contribution in [2.45, 2.75) is 19.8 Å². The van der Waals surface area contributed by atoms with Gasteiger partial charge in [-0.1, -0.05) is 19.1 Å². The van der Waals surface area contributed by atoms with Crippen LogP contribution in [0, 0.1) is 5.41 Å². The SMILES string of the molecule is CCC(C/C=C\CON)(COC/C=C/N)COC/C=C/N. The second kappa shape index (κ2) is 13.6. The van der Waals surface area contributed by atoms with Crippen LogP contribution in [0.25, 0.3) is 0 Å². The Hall–Kier alpha value is -1.34. The lowest BCUT2D eigenvalue weighted by Gasteiger charge is -2.31. The molecule has 0 saturated carbocycles. The predicted octanol–water partition coefficient (Wildman–Crippen LogP) is 1.20. The minimum absolute atomic E-state index is 0.0873. The van der Waals surface area contributed by atoms with Crippen LogP contribution in [0.5, 0.6) is 0 Å². The Balaban J connectivity index is 4.49. The van der Waals surface area contributed by atoms with Crippen LogP contribution < -0.4 is 17.4 Å². The number of allylic oxidation sites excluding steroid dienone is 1. The molecule has 21 heavy (non-hydrogen) atoms. The maximum Gasteiger partial charge on any atom is 0.0860 e. The van der Waals surface area contributed by atoms with Crippen molar-refractivity contribution in [1.82, 2.24) is 0 Å². The fourth-order valence-electron chi connectivity index (χ4n) is 1.76. The van der Waals surface area contributed by atoms with Crippen molar-refractivity contribution in [3.05, 3.63) is 36.7 Å². The molecule has 0 aromatic rings. The highest BCUT2D eigenvalue weighted by molar-refractivity contribution is 4.91. The summed E-state index contributed by atoms with van der Waals surface area (Å²) in [7, 11) is 0. The normalized spacial score (nSPS) is 13.0. The highest BCUT2D eigenvalue weighted by Crippen LogP contribution is 2.28. The van der Waals surface area contributed by atoms with Crippen LogP contribution in [0.1, 0.15) is 19.8 Å². The molecular weight excluding hydrogens is 270 g/mol. The van der Waals surface area contributed by atoms with Gasteiger partial charge in [-0.25, -0.2) is 5.90 Å². The van der Waals surface area contributed by atoms with Crippen molar-refractivity contribution >= 4 is 0 Å². The molecule has 0 amide bonds. The van der Waals surface area contributed by atoms with E-state index in [-0.39, 0.29) is 5.41 Å². The van der Waals surface area contributed by atoms with E-state index in [1.54, 1.807) is 12.2 Å². The highest BCUT2D eigenvalue weighted by atomic mass is 16.6. The maximum atomic E-state index is 5.67. The van der Waals surface area contributed by atoms with Crippen LogP contribution in [0.15, 0.2) is 36.7 Å². The largest absolute Gasteiger partial charge is 0.405 e. The van der Waals surface area contributed by atoms with Gasteiger partial charge in [-0.2, -0.15) is 0 Å². The summed E-state index contributed by atoms with van der Waals surface area (Å²) >= 11 is 0. The first-order chi connectivity index (χ1) is 10.2. The average Bonchev–Trinajstić information content (AvgIpc) is 2.51. The second-order valence-electron chi connectivity index (χ2n) is 4.75. The van der Waals surface area contributed by atoms with Crippen molar-refractivity contribution in [2.24, 2.45) is 22.8 Å². The van der Waals surface area contributed by atoms with Gasteiger partial charge in [0.05, 0.1) is 33.0 Å². The average molecular weight is 299 g/mol.